The lowest BCUT2D eigenvalue weighted by Gasteiger charge is -2.23. The fourth-order valence-electron chi connectivity index (χ4n) is 3.07. The first kappa shape index (κ1) is 12.9. The van der Waals surface area contributed by atoms with Gasteiger partial charge in [-0.15, -0.1) is 0 Å². The van der Waals surface area contributed by atoms with Crippen LogP contribution in [0.2, 0.25) is 0 Å². The quantitative estimate of drug-likeness (QED) is 0.908. The van der Waals surface area contributed by atoms with Crippen LogP contribution in [0.1, 0.15) is 19.3 Å². The molecule has 1 aliphatic carbocycles. The van der Waals surface area contributed by atoms with Crippen LogP contribution in [0.3, 0.4) is 0 Å². The van der Waals surface area contributed by atoms with Crippen molar-refractivity contribution in [2.24, 2.45) is 0 Å². The van der Waals surface area contributed by atoms with Gasteiger partial charge in [0.25, 0.3) is 0 Å². The minimum absolute atomic E-state index is 0.676. The summed E-state index contributed by atoms with van der Waals surface area (Å²) in [5, 5.41) is 9.67. The Morgan fingerprint density at radius 3 is 2.95 bits per heavy atom. The summed E-state index contributed by atoms with van der Waals surface area (Å²) >= 11 is 0. The molecule has 0 atom stereocenters. The SMILES string of the molecule is c1cc(NC2CC2)c2ccnc(N3CCCNCC3)c2c1. The van der Waals surface area contributed by atoms with E-state index in [4.69, 9.17) is 0 Å². The Labute approximate surface area is 125 Å². The number of nitrogens with one attached hydrogen (secondary N) is 2. The lowest BCUT2D eigenvalue weighted by atomic mass is 10.1. The molecule has 2 aliphatic rings. The molecule has 4 rings (SSSR count). The van der Waals surface area contributed by atoms with E-state index in [0.29, 0.717) is 6.04 Å². The third-order valence-electron chi connectivity index (χ3n) is 4.36. The van der Waals surface area contributed by atoms with Crippen LogP contribution in [0.4, 0.5) is 11.5 Å². The zero-order valence-corrected chi connectivity index (χ0v) is 12.3. The van der Waals surface area contributed by atoms with Gasteiger partial charge in [0.05, 0.1) is 0 Å². The van der Waals surface area contributed by atoms with E-state index in [9.17, 15) is 0 Å². The maximum atomic E-state index is 4.68. The number of fused-ring (bicyclic) bond motifs is 1. The van der Waals surface area contributed by atoms with Gasteiger partial charge in [-0.1, -0.05) is 12.1 Å². The zero-order chi connectivity index (χ0) is 14.1. The van der Waals surface area contributed by atoms with Crippen molar-refractivity contribution in [2.75, 3.05) is 36.4 Å². The summed E-state index contributed by atoms with van der Waals surface area (Å²) in [4.78, 5) is 7.10. The number of hydrogen-bond donors (Lipinski definition) is 2. The van der Waals surface area contributed by atoms with Crippen LogP contribution in [0.25, 0.3) is 10.8 Å². The second-order valence-electron chi connectivity index (χ2n) is 6.04. The molecule has 21 heavy (non-hydrogen) atoms. The minimum Gasteiger partial charge on any atom is -0.382 e. The average Bonchev–Trinajstić information content (AvgIpc) is 3.33. The van der Waals surface area contributed by atoms with E-state index in [1.54, 1.807) is 0 Å². The first-order chi connectivity index (χ1) is 10.4. The highest BCUT2D eigenvalue weighted by molar-refractivity contribution is 6.00. The van der Waals surface area contributed by atoms with Gasteiger partial charge in [0.15, 0.2) is 0 Å². The number of aromatic nitrogens is 1. The molecule has 2 fully saturated rings. The van der Waals surface area contributed by atoms with Crippen LogP contribution in [0.15, 0.2) is 30.5 Å². The van der Waals surface area contributed by atoms with Gasteiger partial charge in [0, 0.05) is 48.3 Å². The molecule has 1 saturated carbocycles. The van der Waals surface area contributed by atoms with E-state index in [-0.39, 0.29) is 0 Å². The normalized spacial score (nSPS) is 19.5. The van der Waals surface area contributed by atoms with E-state index in [0.717, 1.165) is 32.0 Å². The van der Waals surface area contributed by atoms with Crippen molar-refractivity contribution in [3.8, 4) is 0 Å². The van der Waals surface area contributed by atoms with E-state index in [2.05, 4.69) is 44.8 Å². The van der Waals surface area contributed by atoms with Gasteiger partial charge in [0.2, 0.25) is 0 Å². The van der Waals surface area contributed by atoms with Gasteiger partial charge in [-0.25, -0.2) is 4.98 Å². The Morgan fingerprint density at radius 1 is 1.10 bits per heavy atom. The molecule has 0 unspecified atom stereocenters. The highest BCUT2D eigenvalue weighted by Crippen LogP contribution is 2.33. The van der Waals surface area contributed by atoms with Gasteiger partial charge in [-0.3, -0.25) is 0 Å². The number of pyridine rings is 1. The molecule has 1 saturated heterocycles. The second kappa shape index (κ2) is 5.53. The van der Waals surface area contributed by atoms with Crippen LogP contribution >= 0.6 is 0 Å². The molecule has 0 amide bonds. The topological polar surface area (TPSA) is 40.2 Å². The fraction of sp³-hybridized carbons (Fsp3) is 0.471. The standard InChI is InChI=1S/C17H22N4/c1-3-15-14(16(4-1)20-13-5-6-13)7-9-19-17(15)21-11-2-8-18-10-12-21/h1,3-4,7,9,13,18,20H,2,5-6,8,10-12H2. The van der Waals surface area contributed by atoms with E-state index in [1.165, 1.54) is 35.7 Å². The molecular weight excluding hydrogens is 260 g/mol. The predicted molar refractivity (Wildman–Crippen MR) is 88.1 cm³/mol. The number of benzene rings is 1. The summed E-state index contributed by atoms with van der Waals surface area (Å²) in [6, 6.07) is 9.35. The third-order valence-corrected chi connectivity index (χ3v) is 4.36. The number of hydrogen-bond acceptors (Lipinski definition) is 4. The first-order valence-electron chi connectivity index (χ1n) is 8.02. The van der Waals surface area contributed by atoms with Crippen LogP contribution in [-0.2, 0) is 0 Å². The third kappa shape index (κ3) is 2.68. The number of rotatable bonds is 3. The van der Waals surface area contributed by atoms with Crippen molar-refractivity contribution in [3.05, 3.63) is 30.5 Å². The molecule has 1 aliphatic heterocycles. The largest absolute Gasteiger partial charge is 0.382 e. The molecule has 4 heteroatoms. The molecule has 1 aromatic carbocycles. The maximum absolute atomic E-state index is 4.68. The van der Waals surface area contributed by atoms with Crippen molar-refractivity contribution in [1.29, 1.82) is 0 Å². The lowest BCUT2D eigenvalue weighted by Crippen LogP contribution is -2.28. The van der Waals surface area contributed by atoms with Gasteiger partial charge in [0.1, 0.15) is 5.82 Å². The molecule has 4 nitrogen and oxygen atoms in total. The highest BCUT2D eigenvalue weighted by Gasteiger charge is 2.22. The molecule has 2 aromatic rings. The van der Waals surface area contributed by atoms with Crippen molar-refractivity contribution in [3.63, 3.8) is 0 Å². The Kier molecular flexibility index (Phi) is 3.39. The minimum atomic E-state index is 0.676. The lowest BCUT2D eigenvalue weighted by molar-refractivity contribution is 0.724. The smallest absolute Gasteiger partial charge is 0.136 e. The Hall–Kier alpha value is -1.81. The molecule has 110 valence electrons. The van der Waals surface area contributed by atoms with E-state index in [1.807, 2.05) is 6.20 Å². The van der Waals surface area contributed by atoms with Crippen molar-refractivity contribution in [1.82, 2.24) is 10.3 Å². The monoisotopic (exact) mass is 282 g/mol. The summed E-state index contributed by atoms with van der Waals surface area (Å²) in [5.41, 5.74) is 1.26. The maximum Gasteiger partial charge on any atom is 0.136 e. The molecule has 0 radical (unpaired) electrons. The Balaban J connectivity index is 1.74. The zero-order valence-electron chi connectivity index (χ0n) is 12.3. The first-order valence-corrected chi connectivity index (χ1v) is 8.02. The predicted octanol–water partition coefficient (Wildman–Crippen LogP) is 2.61. The summed E-state index contributed by atoms with van der Waals surface area (Å²) in [6.07, 6.45) is 5.73. The van der Waals surface area contributed by atoms with Crippen LogP contribution in [0.5, 0.6) is 0 Å². The van der Waals surface area contributed by atoms with Crippen LogP contribution in [-0.4, -0.2) is 37.2 Å². The van der Waals surface area contributed by atoms with Crippen LogP contribution < -0.4 is 15.5 Å². The second-order valence-corrected chi connectivity index (χ2v) is 6.04. The molecule has 2 heterocycles. The summed E-state index contributed by atoms with van der Waals surface area (Å²) in [6.45, 7) is 4.26. The van der Waals surface area contributed by atoms with Crippen molar-refractivity contribution < 1.29 is 0 Å². The van der Waals surface area contributed by atoms with Gasteiger partial charge in [-0.2, -0.15) is 0 Å². The Morgan fingerprint density at radius 2 is 2.05 bits per heavy atom. The summed E-state index contributed by atoms with van der Waals surface area (Å²) in [7, 11) is 0. The number of anilines is 2. The molecule has 0 bridgehead atoms. The molecule has 1 aromatic heterocycles. The average molecular weight is 282 g/mol. The van der Waals surface area contributed by atoms with Gasteiger partial charge < -0.3 is 15.5 Å². The highest BCUT2D eigenvalue weighted by atomic mass is 15.2. The Bertz CT molecular complexity index is 628. The van der Waals surface area contributed by atoms with Crippen LogP contribution in [0, 0.1) is 0 Å². The molecule has 2 N–H and O–H groups in total. The van der Waals surface area contributed by atoms with E-state index < -0.39 is 0 Å². The summed E-state index contributed by atoms with van der Waals surface area (Å²) < 4.78 is 0. The summed E-state index contributed by atoms with van der Waals surface area (Å²) in [5.74, 6) is 1.13. The van der Waals surface area contributed by atoms with Gasteiger partial charge >= 0.3 is 0 Å². The van der Waals surface area contributed by atoms with Crippen molar-refractivity contribution in [2.45, 2.75) is 25.3 Å². The van der Waals surface area contributed by atoms with Gasteiger partial charge in [-0.05, 0) is 37.9 Å². The fourth-order valence-corrected chi connectivity index (χ4v) is 3.07. The molecule has 0 spiro atoms. The number of nitrogens with zero attached hydrogens (tertiary/aromatic N) is 2. The van der Waals surface area contributed by atoms with Crippen molar-refractivity contribution >= 4 is 22.3 Å². The molecular formula is C17H22N4. The van der Waals surface area contributed by atoms with E-state index >= 15 is 0 Å².